The molecular formula is C19H27FN2O. The molecule has 1 aromatic carbocycles. The van der Waals surface area contributed by atoms with Crippen molar-refractivity contribution in [1.29, 1.82) is 0 Å². The van der Waals surface area contributed by atoms with E-state index in [2.05, 4.69) is 11.8 Å². The van der Waals surface area contributed by atoms with Crippen LogP contribution in [-0.4, -0.2) is 41.9 Å². The summed E-state index contributed by atoms with van der Waals surface area (Å²) >= 11 is 0. The van der Waals surface area contributed by atoms with E-state index < -0.39 is 0 Å². The lowest BCUT2D eigenvalue weighted by Gasteiger charge is -2.47. The van der Waals surface area contributed by atoms with Gasteiger partial charge in [0.2, 0.25) is 5.91 Å². The Morgan fingerprint density at radius 3 is 2.65 bits per heavy atom. The fourth-order valence-corrected chi connectivity index (χ4v) is 4.06. The standard InChI is InChI=1S/C19H27FN2O/c1-3-22-14-19(8-7-17(22)23)9-11-21(12-10-19)13-16-6-4-5-15(2)18(16)20/h4-6H,3,7-14H2,1-2H3. The molecule has 2 aliphatic rings. The number of aryl methyl sites for hydroxylation is 1. The zero-order valence-electron chi connectivity index (χ0n) is 14.3. The van der Waals surface area contributed by atoms with Gasteiger partial charge in [0.25, 0.3) is 0 Å². The van der Waals surface area contributed by atoms with E-state index in [0.29, 0.717) is 24.3 Å². The molecule has 4 heteroatoms. The molecule has 0 radical (unpaired) electrons. The monoisotopic (exact) mass is 318 g/mol. The molecular weight excluding hydrogens is 291 g/mol. The Labute approximate surface area is 138 Å². The fraction of sp³-hybridized carbons (Fsp3) is 0.632. The van der Waals surface area contributed by atoms with Crippen LogP contribution in [0.25, 0.3) is 0 Å². The van der Waals surface area contributed by atoms with Crippen LogP contribution >= 0.6 is 0 Å². The van der Waals surface area contributed by atoms with Gasteiger partial charge in [-0.2, -0.15) is 0 Å². The molecule has 2 saturated heterocycles. The molecule has 2 fully saturated rings. The lowest BCUT2D eigenvalue weighted by molar-refractivity contribution is -0.138. The predicted octanol–water partition coefficient (Wildman–Crippen LogP) is 3.36. The molecule has 3 nitrogen and oxygen atoms in total. The molecule has 3 rings (SSSR count). The highest BCUT2D eigenvalue weighted by atomic mass is 19.1. The van der Waals surface area contributed by atoms with Crippen LogP contribution in [0.5, 0.6) is 0 Å². The van der Waals surface area contributed by atoms with Crippen molar-refractivity contribution in [3.05, 3.63) is 35.1 Å². The van der Waals surface area contributed by atoms with Gasteiger partial charge in [-0.15, -0.1) is 0 Å². The van der Waals surface area contributed by atoms with Gasteiger partial charge in [0, 0.05) is 31.6 Å². The van der Waals surface area contributed by atoms with Crippen molar-refractivity contribution in [2.24, 2.45) is 5.41 Å². The van der Waals surface area contributed by atoms with Gasteiger partial charge in [-0.3, -0.25) is 9.69 Å². The van der Waals surface area contributed by atoms with Crippen LogP contribution in [0.4, 0.5) is 4.39 Å². The second-order valence-corrected chi connectivity index (χ2v) is 7.23. The van der Waals surface area contributed by atoms with Crippen LogP contribution in [-0.2, 0) is 11.3 Å². The number of hydrogen-bond acceptors (Lipinski definition) is 2. The van der Waals surface area contributed by atoms with Crippen LogP contribution in [0.3, 0.4) is 0 Å². The highest BCUT2D eigenvalue weighted by Crippen LogP contribution is 2.40. The molecule has 126 valence electrons. The largest absolute Gasteiger partial charge is 0.342 e. The van der Waals surface area contributed by atoms with Crippen molar-refractivity contribution in [3.8, 4) is 0 Å². The number of nitrogens with zero attached hydrogens (tertiary/aromatic N) is 2. The maximum Gasteiger partial charge on any atom is 0.222 e. The van der Waals surface area contributed by atoms with Crippen molar-refractivity contribution >= 4 is 5.91 Å². The SMILES string of the molecule is CCN1CC2(CCC1=O)CCN(Cc1cccc(C)c1F)CC2. The van der Waals surface area contributed by atoms with Gasteiger partial charge in [0.05, 0.1) is 0 Å². The zero-order valence-corrected chi connectivity index (χ0v) is 14.3. The van der Waals surface area contributed by atoms with Crippen molar-refractivity contribution in [2.75, 3.05) is 26.2 Å². The average molecular weight is 318 g/mol. The van der Waals surface area contributed by atoms with Gasteiger partial charge in [0.15, 0.2) is 0 Å². The van der Waals surface area contributed by atoms with Gasteiger partial charge in [-0.25, -0.2) is 4.39 Å². The second kappa shape index (κ2) is 6.60. The number of carbonyl (C=O) groups is 1. The normalized spacial score (nSPS) is 21.9. The summed E-state index contributed by atoms with van der Waals surface area (Å²) in [6.45, 7) is 8.31. The highest BCUT2D eigenvalue weighted by Gasteiger charge is 2.40. The Kier molecular flexibility index (Phi) is 4.72. The van der Waals surface area contributed by atoms with E-state index >= 15 is 0 Å². The summed E-state index contributed by atoms with van der Waals surface area (Å²) in [5, 5.41) is 0. The molecule has 0 N–H and O–H groups in total. The lowest BCUT2D eigenvalue weighted by Crippen LogP contribution is -2.51. The maximum atomic E-state index is 14.2. The summed E-state index contributed by atoms with van der Waals surface area (Å²) in [6, 6.07) is 5.65. The molecule has 23 heavy (non-hydrogen) atoms. The van der Waals surface area contributed by atoms with Crippen LogP contribution in [0.2, 0.25) is 0 Å². The van der Waals surface area contributed by atoms with Gasteiger partial charge in [-0.1, -0.05) is 18.2 Å². The number of carbonyl (C=O) groups excluding carboxylic acids is 1. The molecule has 1 aromatic rings. The van der Waals surface area contributed by atoms with E-state index in [1.165, 1.54) is 0 Å². The highest BCUT2D eigenvalue weighted by molar-refractivity contribution is 5.77. The minimum Gasteiger partial charge on any atom is -0.342 e. The molecule has 1 amide bonds. The maximum absolute atomic E-state index is 14.2. The van der Waals surface area contributed by atoms with Crippen LogP contribution in [0.15, 0.2) is 18.2 Å². The van der Waals surface area contributed by atoms with Crippen LogP contribution < -0.4 is 0 Å². The number of benzene rings is 1. The average Bonchev–Trinajstić information content (AvgIpc) is 2.56. The minimum atomic E-state index is -0.0618. The van der Waals surface area contributed by atoms with Gasteiger partial charge >= 0.3 is 0 Å². The first-order chi connectivity index (χ1) is 11.0. The number of rotatable bonds is 3. The second-order valence-electron chi connectivity index (χ2n) is 7.23. The number of likely N-dealkylation sites (tertiary alicyclic amines) is 2. The minimum absolute atomic E-state index is 0.0618. The third-order valence-electron chi connectivity index (χ3n) is 5.71. The first-order valence-electron chi connectivity index (χ1n) is 8.77. The lowest BCUT2D eigenvalue weighted by atomic mass is 9.72. The van der Waals surface area contributed by atoms with E-state index in [1.807, 2.05) is 30.0 Å². The molecule has 0 aliphatic carbocycles. The van der Waals surface area contributed by atoms with E-state index in [0.717, 1.165) is 56.6 Å². The topological polar surface area (TPSA) is 23.6 Å². The van der Waals surface area contributed by atoms with Crippen molar-refractivity contribution in [2.45, 2.75) is 46.1 Å². The third-order valence-corrected chi connectivity index (χ3v) is 5.71. The molecule has 2 heterocycles. The summed E-state index contributed by atoms with van der Waals surface area (Å²) in [7, 11) is 0. The molecule has 0 atom stereocenters. The summed E-state index contributed by atoms with van der Waals surface area (Å²) in [6.07, 6.45) is 3.95. The van der Waals surface area contributed by atoms with Crippen molar-refractivity contribution in [3.63, 3.8) is 0 Å². The van der Waals surface area contributed by atoms with Gasteiger partial charge < -0.3 is 4.90 Å². The summed E-state index contributed by atoms with van der Waals surface area (Å²) in [5.41, 5.74) is 1.82. The number of halogens is 1. The molecule has 1 spiro atoms. The first-order valence-corrected chi connectivity index (χ1v) is 8.77. The molecule has 0 aromatic heterocycles. The van der Waals surface area contributed by atoms with Crippen molar-refractivity contribution in [1.82, 2.24) is 9.80 Å². The quantitative estimate of drug-likeness (QED) is 0.853. The van der Waals surface area contributed by atoms with E-state index in [4.69, 9.17) is 0 Å². The third kappa shape index (κ3) is 3.42. The van der Waals surface area contributed by atoms with Crippen molar-refractivity contribution < 1.29 is 9.18 Å². The van der Waals surface area contributed by atoms with E-state index in [1.54, 1.807) is 0 Å². The Hall–Kier alpha value is -1.42. The first kappa shape index (κ1) is 16.4. The summed E-state index contributed by atoms with van der Waals surface area (Å²) < 4.78 is 14.2. The molecule has 0 saturated carbocycles. The van der Waals surface area contributed by atoms with Gasteiger partial charge in [0.1, 0.15) is 5.82 Å². The smallest absolute Gasteiger partial charge is 0.222 e. The van der Waals surface area contributed by atoms with Crippen LogP contribution in [0.1, 0.15) is 43.7 Å². The fourth-order valence-electron chi connectivity index (χ4n) is 4.06. The van der Waals surface area contributed by atoms with Crippen LogP contribution in [0, 0.1) is 18.2 Å². The van der Waals surface area contributed by atoms with E-state index in [9.17, 15) is 9.18 Å². The molecule has 2 aliphatic heterocycles. The predicted molar refractivity (Wildman–Crippen MR) is 89.6 cm³/mol. The molecule has 0 unspecified atom stereocenters. The Bertz CT molecular complexity index is 579. The summed E-state index contributed by atoms with van der Waals surface area (Å²) in [4.78, 5) is 16.3. The Morgan fingerprint density at radius 2 is 1.96 bits per heavy atom. The summed E-state index contributed by atoms with van der Waals surface area (Å²) in [5.74, 6) is 0.246. The Morgan fingerprint density at radius 1 is 1.22 bits per heavy atom. The Balaban J connectivity index is 1.60. The zero-order chi connectivity index (χ0) is 16.4. The number of hydrogen-bond donors (Lipinski definition) is 0. The molecule has 0 bridgehead atoms. The number of piperidine rings is 2. The van der Waals surface area contributed by atoms with E-state index in [-0.39, 0.29) is 5.82 Å². The van der Waals surface area contributed by atoms with Gasteiger partial charge in [-0.05, 0) is 57.2 Å². The number of amides is 1.